The van der Waals surface area contributed by atoms with Gasteiger partial charge in [-0.3, -0.25) is 4.79 Å². The summed E-state index contributed by atoms with van der Waals surface area (Å²) in [6.07, 6.45) is 0.0651. The first kappa shape index (κ1) is 19.8. The Balaban J connectivity index is 1.99. The topological polar surface area (TPSA) is 90.7 Å². The van der Waals surface area contributed by atoms with Crippen LogP contribution in [0, 0.1) is 0 Å². The van der Waals surface area contributed by atoms with Gasteiger partial charge < -0.3 is 20.1 Å². The van der Waals surface area contributed by atoms with Crippen molar-refractivity contribution in [2.45, 2.75) is 19.5 Å². The molecule has 28 heavy (non-hydrogen) atoms. The second-order valence-electron chi connectivity index (χ2n) is 6.36. The van der Waals surface area contributed by atoms with Crippen LogP contribution in [-0.4, -0.2) is 13.0 Å². The lowest BCUT2D eigenvalue weighted by Crippen LogP contribution is -2.07. The minimum Gasteiger partial charge on any atom is -0.415 e. The molecule has 0 spiro atoms. The van der Waals surface area contributed by atoms with Crippen LogP contribution in [0.15, 0.2) is 60.7 Å². The second-order valence-corrected chi connectivity index (χ2v) is 8.26. The molecule has 0 aliphatic heterocycles. The summed E-state index contributed by atoms with van der Waals surface area (Å²) in [6, 6.07) is 18.2. The number of fused-ring (bicyclic) bond motifs is 1. The van der Waals surface area contributed by atoms with Crippen LogP contribution in [0.1, 0.15) is 18.9 Å². The molecule has 3 N–H and O–H groups in total. The van der Waals surface area contributed by atoms with E-state index in [9.17, 15) is 9.36 Å². The minimum atomic E-state index is -3.79. The smallest absolute Gasteiger partial charge is 0.415 e. The number of rotatable bonds is 7. The van der Waals surface area contributed by atoms with E-state index in [1.807, 2.05) is 37.4 Å². The van der Waals surface area contributed by atoms with Crippen LogP contribution in [0.25, 0.3) is 10.8 Å². The molecule has 3 rings (SSSR count). The highest BCUT2D eigenvalue weighted by Gasteiger charge is 2.31. The SMILES string of the molecule is CCC(=O)OP(=O)(Cc1ccc(N)cc1)Oc1cccc2ccc(NC)cc12. The number of benzene rings is 3. The van der Waals surface area contributed by atoms with Crippen molar-refractivity contribution in [2.75, 3.05) is 18.1 Å². The first-order chi connectivity index (χ1) is 13.4. The van der Waals surface area contributed by atoms with Crippen LogP contribution in [0.3, 0.4) is 0 Å². The fourth-order valence-corrected chi connectivity index (χ4v) is 4.50. The lowest BCUT2D eigenvalue weighted by molar-refractivity contribution is -0.134. The third-order valence-electron chi connectivity index (χ3n) is 4.25. The van der Waals surface area contributed by atoms with Gasteiger partial charge in [-0.05, 0) is 41.3 Å². The normalized spacial score (nSPS) is 12.9. The van der Waals surface area contributed by atoms with Gasteiger partial charge in [-0.15, -0.1) is 0 Å². The van der Waals surface area contributed by atoms with Gasteiger partial charge in [0.25, 0.3) is 0 Å². The van der Waals surface area contributed by atoms with Gasteiger partial charge in [0.15, 0.2) is 0 Å². The van der Waals surface area contributed by atoms with Crippen LogP contribution in [0.2, 0.25) is 0 Å². The fraction of sp³-hybridized carbons (Fsp3) is 0.190. The van der Waals surface area contributed by atoms with Gasteiger partial charge in [0.05, 0.1) is 6.16 Å². The van der Waals surface area contributed by atoms with Crippen molar-refractivity contribution in [3.63, 3.8) is 0 Å². The molecule has 1 atom stereocenters. The molecule has 0 fully saturated rings. The summed E-state index contributed by atoms with van der Waals surface area (Å²) in [5.74, 6) is -0.174. The lowest BCUT2D eigenvalue weighted by atomic mass is 10.1. The standard InChI is InChI=1S/C21H23N2O4P/c1-3-21(24)27-28(25,14-15-7-10-17(22)11-8-15)26-20-6-4-5-16-9-12-18(23-2)13-19(16)20/h4-13,23H,3,14,22H2,1-2H3. The summed E-state index contributed by atoms with van der Waals surface area (Å²) in [7, 11) is -1.97. The van der Waals surface area contributed by atoms with Crippen molar-refractivity contribution in [1.29, 1.82) is 0 Å². The number of nitrogens with one attached hydrogen (secondary N) is 1. The van der Waals surface area contributed by atoms with Crippen LogP contribution >= 0.6 is 7.60 Å². The molecule has 0 saturated carbocycles. The van der Waals surface area contributed by atoms with Gasteiger partial charge in [-0.2, -0.15) is 0 Å². The average molecular weight is 398 g/mol. The molecule has 0 aromatic heterocycles. The lowest BCUT2D eigenvalue weighted by Gasteiger charge is -2.20. The van der Waals surface area contributed by atoms with E-state index in [2.05, 4.69) is 5.32 Å². The zero-order chi connectivity index (χ0) is 20.1. The highest BCUT2D eigenvalue weighted by atomic mass is 31.2. The Kier molecular flexibility index (Phi) is 5.90. The van der Waals surface area contributed by atoms with E-state index < -0.39 is 13.6 Å². The zero-order valence-electron chi connectivity index (χ0n) is 15.8. The number of hydrogen-bond donors (Lipinski definition) is 2. The Morgan fingerprint density at radius 1 is 1.11 bits per heavy atom. The predicted octanol–water partition coefficient (Wildman–Crippen LogP) is 5.19. The molecule has 0 aliphatic carbocycles. The van der Waals surface area contributed by atoms with Gasteiger partial charge >= 0.3 is 13.6 Å². The Morgan fingerprint density at radius 3 is 2.54 bits per heavy atom. The number of carbonyl (C=O) groups is 1. The van der Waals surface area contributed by atoms with Crippen molar-refractivity contribution < 1.29 is 18.4 Å². The molecular weight excluding hydrogens is 375 g/mol. The number of nitrogen functional groups attached to an aromatic ring is 1. The van der Waals surface area contributed by atoms with Gasteiger partial charge in [0.1, 0.15) is 5.75 Å². The summed E-state index contributed by atoms with van der Waals surface area (Å²) >= 11 is 0. The molecule has 3 aromatic rings. The van der Waals surface area contributed by atoms with Gasteiger partial charge in [-0.25, -0.2) is 4.57 Å². The maximum absolute atomic E-state index is 13.5. The van der Waals surface area contributed by atoms with E-state index in [1.165, 1.54) is 0 Å². The molecule has 3 aromatic carbocycles. The van der Waals surface area contributed by atoms with Crippen molar-refractivity contribution >= 4 is 35.7 Å². The summed E-state index contributed by atoms with van der Waals surface area (Å²) < 4.78 is 24.6. The highest BCUT2D eigenvalue weighted by Crippen LogP contribution is 2.53. The summed E-state index contributed by atoms with van der Waals surface area (Å²) in [5, 5.41) is 4.78. The Morgan fingerprint density at radius 2 is 1.86 bits per heavy atom. The molecule has 0 bridgehead atoms. The van der Waals surface area contributed by atoms with Crippen LogP contribution in [0.5, 0.6) is 5.75 Å². The zero-order valence-corrected chi connectivity index (χ0v) is 16.7. The molecule has 0 heterocycles. The molecule has 146 valence electrons. The van der Waals surface area contributed by atoms with Crippen LogP contribution in [-0.2, 0) is 20.0 Å². The number of nitrogens with two attached hydrogens (primary N) is 1. The minimum absolute atomic E-state index is 0.0405. The van der Waals surface area contributed by atoms with Crippen LogP contribution in [0.4, 0.5) is 11.4 Å². The molecule has 7 heteroatoms. The number of anilines is 2. The van der Waals surface area contributed by atoms with E-state index in [4.69, 9.17) is 14.8 Å². The first-order valence-electron chi connectivity index (χ1n) is 8.98. The quantitative estimate of drug-likeness (QED) is 0.420. The third-order valence-corrected chi connectivity index (χ3v) is 5.96. The molecule has 0 radical (unpaired) electrons. The molecule has 0 amide bonds. The van der Waals surface area contributed by atoms with Gasteiger partial charge in [-0.1, -0.05) is 37.3 Å². The van der Waals surface area contributed by atoms with Crippen molar-refractivity contribution in [3.05, 3.63) is 66.2 Å². The van der Waals surface area contributed by atoms with Gasteiger partial charge in [0.2, 0.25) is 0 Å². The summed E-state index contributed by atoms with van der Waals surface area (Å²) in [6.45, 7) is 1.65. The Labute approximate surface area is 164 Å². The van der Waals surface area contributed by atoms with E-state index in [-0.39, 0.29) is 12.6 Å². The van der Waals surface area contributed by atoms with E-state index in [0.29, 0.717) is 17.0 Å². The molecule has 0 aliphatic rings. The molecule has 1 unspecified atom stereocenters. The maximum Gasteiger partial charge on any atom is 0.437 e. The average Bonchev–Trinajstić information content (AvgIpc) is 2.69. The number of carbonyl (C=O) groups excluding carboxylic acids is 1. The predicted molar refractivity (Wildman–Crippen MR) is 113 cm³/mol. The second kappa shape index (κ2) is 8.36. The first-order valence-corrected chi connectivity index (χ1v) is 10.7. The summed E-state index contributed by atoms with van der Waals surface area (Å²) in [5.41, 5.74) is 7.91. The highest BCUT2D eigenvalue weighted by molar-refractivity contribution is 7.54. The van der Waals surface area contributed by atoms with E-state index in [0.717, 1.165) is 16.5 Å². The molecule has 0 saturated heterocycles. The van der Waals surface area contributed by atoms with Crippen molar-refractivity contribution in [1.82, 2.24) is 0 Å². The summed E-state index contributed by atoms with van der Waals surface area (Å²) in [4.78, 5) is 11.9. The largest absolute Gasteiger partial charge is 0.437 e. The number of hydrogen-bond acceptors (Lipinski definition) is 6. The Bertz CT molecular complexity index is 1030. The van der Waals surface area contributed by atoms with Crippen LogP contribution < -0.4 is 15.6 Å². The van der Waals surface area contributed by atoms with Gasteiger partial charge in [0, 0.05) is 30.2 Å². The molecule has 6 nitrogen and oxygen atoms in total. The van der Waals surface area contributed by atoms with Crippen molar-refractivity contribution in [3.8, 4) is 5.75 Å². The monoisotopic (exact) mass is 398 g/mol. The third kappa shape index (κ3) is 4.65. The fourth-order valence-electron chi connectivity index (χ4n) is 2.78. The Hall–Kier alpha value is -2.98. The maximum atomic E-state index is 13.5. The molecular formula is C21H23N2O4P. The van der Waals surface area contributed by atoms with E-state index >= 15 is 0 Å². The van der Waals surface area contributed by atoms with E-state index in [1.54, 1.807) is 37.3 Å². The van der Waals surface area contributed by atoms with Crippen molar-refractivity contribution in [2.24, 2.45) is 0 Å².